The lowest BCUT2D eigenvalue weighted by atomic mass is 10.8. The second-order valence-electron chi connectivity index (χ2n) is 1.73. The number of hydrogen-bond acceptors (Lipinski definition) is 3. The summed E-state index contributed by atoms with van der Waals surface area (Å²) in [5.41, 5.74) is 0. The Morgan fingerprint density at radius 2 is 2.10 bits per heavy atom. The quantitative estimate of drug-likeness (QED) is 0.562. The molecule has 0 fully saturated rings. The highest BCUT2D eigenvalue weighted by atomic mass is 32.2. The topological polar surface area (TPSA) is 58.2 Å². The van der Waals surface area contributed by atoms with Crippen molar-refractivity contribution in [1.29, 1.82) is 0 Å². The summed E-state index contributed by atoms with van der Waals surface area (Å²) in [4.78, 5) is 0. The van der Waals surface area contributed by atoms with Crippen LogP contribution in [0.15, 0.2) is 0 Å². The van der Waals surface area contributed by atoms with E-state index >= 15 is 0 Å². The molecule has 0 amide bonds. The van der Waals surface area contributed by atoms with Gasteiger partial charge in [0.25, 0.3) is 0 Å². The van der Waals surface area contributed by atoms with Gasteiger partial charge in [-0.25, -0.2) is 8.42 Å². The van der Waals surface area contributed by atoms with E-state index in [0.29, 0.717) is 6.54 Å². The van der Waals surface area contributed by atoms with E-state index < -0.39 is 10.0 Å². The van der Waals surface area contributed by atoms with E-state index in [-0.39, 0.29) is 5.11 Å². The molecular formula is C4H10N2O2S2. The summed E-state index contributed by atoms with van der Waals surface area (Å²) in [6, 6.07) is 0. The molecule has 0 aromatic heterocycles. The fourth-order valence-corrected chi connectivity index (χ4v) is 1.37. The molecule has 0 aliphatic rings. The standard InChI is InChI=1S/C4H10N2O2S2/c1-3-5-4(9)6-10(2,7)8/h3H2,1-2H3,(H2,5,6,9). The first-order chi connectivity index (χ1) is 4.45. The molecule has 0 aromatic carbocycles. The van der Waals surface area contributed by atoms with Gasteiger partial charge in [-0.15, -0.1) is 0 Å². The van der Waals surface area contributed by atoms with Gasteiger partial charge >= 0.3 is 0 Å². The maximum Gasteiger partial charge on any atom is 0.231 e. The van der Waals surface area contributed by atoms with Crippen molar-refractivity contribution in [3.8, 4) is 0 Å². The van der Waals surface area contributed by atoms with E-state index in [0.717, 1.165) is 6.26 Å². The van der Waals surface area contributed by atoms with Crippen LogP contribution in [0, 0.1) is 0 Å². The summed E-state index contributed by atoms with van der Waals surface area (Å²) in [5.74, 6) is 0. The fraction of sp³-hybridized carbons (Fsp3) is 0.750. The van der Waals surface area contributed by atoms with Crippen molar-refractivity contribution in [2.45, 2.75) is 6.92 Å². The van der Waals surface area contributed by atoms with Gasteiger partial charge in [0.2, 0.25) is 10.0 Å². The maximum absolute atomic E-state index is 10.5. The van der Waals surface area contributed by atoms with Crippen molar-refractivity contribution in [2.24, 2.45) is 0 Å². The molecule has 10 heavy (non-hydrogen) atoms. The minimum absolute atomic E-state index is 0.144. The third-order valence-electron chi connectivity index (χ3n) is 0.615. The number of rotatable bonds is 2. The van der Waals surface area contributed by atoms with Crippen LogP contribution in [-0.4, -0.2) is 26.3 Å². The molecule has 0 saturated carbocycles. The molecule has 0 bridgehead atoms. The second-order valence-corrected chi connectivity index (χ2v) is 3.89. The molecule has 0 saturated heterocycles. The predicted molar refractivity (Wildman–Crippen MR) is 44.3 cm³/mol. The Labute approximate surface area is 66.1 Å². The van der Waals surface area contributed by atoms with Gasteiger partial charge in [-0.3, -0.25) is 4.72 Å². The van der Waals surface area contributed by atoms with E-state index in [9.17, 15) is 8.42 Å². The Morgan fingerprint density at radius 3 is 2.40 bits per heavy atom. The summed E-state index contributed by atoms with van der Waals surface area (Å²) in [7, 11) is -3.20. The predicted octanol–water partition coefficient (Wildman–Crippen LogP) is -0.570. The highest BCUT2D eigenvalue weighted by Crippen LogP contribution is 1.73. The van der Waals surface area contributed by atoms with Crippen LogP contribution < -0.4 is 10.0 Å². The largest absolute Gasteiger partial charge is 0.362 e. The highest BCUT2D eigenvalue weighted by molar-refractivity contribution is 7.91. The first-order valence-electron chi connectivity index (χ1n) is 2.71. The normalized spacial score (nSPS) is 10.6. The Kier molecular flexibility index (Phi) is 3.59. The summed E-state index contributed by atoms with van der Waals surface area (Å²) in [6.07, 6.45) is 1.05. The SMILES string of the molecule is CCNC(=S)NS(C)(=O)=O. The molecule has 0 unspecified atom stereocenters. The van der Waals surface area contributed by atoms with Crippen LogP contribution in [0.5, 0.6) is 0 Å². The summed E-state index contributed by atoms with van der Waals surface area (Å²) in [6.45, 7) is 2.44. The van der Waals surface area contributed by atoms with Crippen molar-refractivity contribution in [3.05, 3.63) is 0 Å². The van der Waals surface area contributed by atoms with Gasteiger partial charge in [-0.05, 0) is 19.1 Å². The zero-order valence-electron chi connectivity index (χ0n) is 5.84. The lowest BCUT2D eigenvalue weighted by molar-refractivity contribution is 0.598. The monoisotopic (exact) mass is 182 g/mol. The van der Waals surface area contributed by atoms with Crippen molar-refractivity contribution < 1.29 is 8.42 Å². The van der Waals surface area contributed by atoms with Crippen LogP contribution in [0.25, 0.3) is 0 Å². The van der Waals surface area contributed by atoms with Gasteiger partial charge in [0.15, 0.2) is 5.11 Å². The first kappa shape index (κ1) is 9.64. The molecule has 0 heterocycles. The highest BCUT2D eigenvalue weighted by Gasteiger charge is 2.01. The van der Waals surface area contributed by atoms with Crippen LogP contribution in [0.4, 0.5) is 0 Å². The van der Waals surface area contributed by atoms with Crippen molar-refractivity contribution >= 4 is 27.4 Å². The van der Waals surface area contributed by atoms with Crippen LogP contribution in [-0.2, 0) is 10.0 Å². The number of hydrogen-bond donors (Lipinski definition) is 2. The van der Waals surface area contributed by atoms with E-state index in [1.165, 1.54) is 0 Å². The first-order valence-corrected chi connectivity index (χ1v) is 5.01. The van der Waals surface area contributed by atoms with E-state index in [4.69, 9.17) is 0 Å². The van der Waals surface area contributed by atoms with Gasteiger partial charge in [0.05, 0.1) is 6.26 Å². The molecule has 0 rings (SSSR count). The lowest BCUT2D eigenvalue weighted by Crippen LogP contribution is -2.38. The van der Waals surface area contributed by atoms with E-state index in [1.54, 1.807) is 0 Å². The van der Waals surface area contributed by atoms with Crippen LogP contribution in [0.1, 0.15) is 6.92 Å². The molecule has 4 nitrogen and oxygen atoms in total. The van der Waals surface area contributed by atoms with Crippen LogP contribution in [0.3, 0.4) is 0 Å². The zero-order chi connectivity index (χ0) is 8.20. The molecular weight excluding hydrogens is 172 g/mol. The van der Waals surface area contributed by atoms with Gasteiger partial charge in [0.1, 0.15) is 0 Å². The van der Waals surface area contributed by atoms with E-state index in [1.807, 2.05) is 6.92 Å². The van der Waals surface area contributed by atoms with Crippen molar-refractivity contribution in [2.75, 3.05) is 12.8 Å². The van der Waals surface area contributed by atoms with Crippen LogP contribution in [0.2, 0.25) is 0 Å². The molecule has 0 aromatic rings. The minimum Gasteiger partial charge on any atom is -0.362 e. The molecule has 0 spiro atoms. The Hall–Kier alpha value is -0.360. The Balaban J connectivity index is 3.82. The molecule has 0 radical (unpaired) electrons. The van der Waals surface area contributed by atoms with Crippen molar-refractivity contribution in [1.82, 2.24) is 10.0 Å². The Morgan fingerprint density at radius 1 is 1.60 bits per heavy atom. The van der Waals surface area contributed by atoms with Gasteiger partial charge in [-0.2, -0.15) is 0 Å². The average molecular weight is 182 g/mol. The summed E-state index contributed by atoms with van der Waals surface area (Å²) >= 11 is 4.60. The molecule has 0 aliphatic heterocycles. The summed E-state index contributed by atoms with van der Waals surface area (Å²) < 4.78 is 23.1. The van der Waals surface area contributed by atoms with Gasteiger partial charge in [-0.1, -0.05) is 0 Å². The van der Waals surface area contributed by atoms with Crippen molar-refractivity contribution in [3.63, 3.8) is 0 Å². The van der Waals surface area contributed by atoms with Gasteiger partial charge in [0, 0.05) is 6.54 Å². The van der Waals surface area contributed by atoms with Crippen LogP contribution >= 0.6 is 12.2 Å². The fourth-order valence-electron chi connectivity index (χ4n) is 0.365. The molecule has 2 N–H and O–H groups in total. The maximum atomic E-state index is 10.5. The Bertz CT molecular complexity index is 209. The van der Waals surface area contributed by atoms with Gasteiger partial charge < -0.3 is 5.32 Å². The molecule has 6 heteroatoms. The third kappa shape index (κ3) is 5.77. The number of thiocarbonyl (C=S) groups is 1. The second kappa shape index (κ2) is 3.72. The lowest BCUT2D eigenvalue weighted by Gasteiger charge is -2.04. The average Bonchev–Trinajstić information content (AvgIpc) is 1.59. The summed E-state index contributed by atoms with van der Waals surface area (Å²) in [5, 5.41) is 2.79. The minimum atomic E-state index is -3.20. The number of sulfonamides is 1. The number of nitrogens with one attached hydrogen (secondary N) is 2. The molecule has 60 valence electrons. The third-order valence-corrected chi connectivity index (χ3v) is 1.57. The molecule has 0 atom stereocenters. The molecule has 0 aliphatic carbocycles. The van der Waals surface area contributed by atoms with E-state index in [2.05, 4.69) is 22.3 Å². The zero-order valence-corrected chi connectivity index (χ0v) is 7.47. The smallest absolute Gasteiger partial charge is 0.231 e.